The van der Waals surface area contributed by atoms with Gasteiger partial charge in [0.05, 0.1) is 17.8 Å². The van der Waals surface area contributed by atoms with Gasteiger partial charge in [-0.1, -0.05) is 97.1 Å². The molecule has 0 radical (unpaired) electrons. The normalized spacial score (nSPS) is 18.9. The van der Waals surface area contributed by atoms with Crippen LogP contribution in [-0.4, -0.2) is 22.3 Å². The number of aliphatic imine (C=N–C) groups is 1. The Bertz CT molecular complexity index is 1900. The number of nitrogens with zero attached hydrogens (tertiary/aromatic N) is 3. The summed E-state index contributed by atoms with van der Waals surface area (Å²) in [6.07, 6.45) is 17.9. The molecule has 2 atom stereocenters. The summed E-state index contributed by atoms with van der Waals surface area (Å²) in [7, 11) is 0. The number of pyridine rings is 1. The van der Waals surface area contributed by atoms with Crippen molar-refractivity contribution < 1.29 is 0 Å². The molecule has 1 aliphatic heterocycles. The second kappa shape index (κ2) is 9.32. The smallest absolute Gasteiger partial charge is 0.0701 e. The Morgan fingerprint density at radius 2 is 1.55 bits per heavy atom. The van der Waals surface area contributed by atoms with E-state index in [4.69, 9.17) is 0 Å². The average Bonchev–Trinajstić information content (AvgIpc) is 3.68. The second-order valence-electron chi connectivity index (χ2n) is 10.6. The Labute approximate surface area is 233 Å². The molecule has 5 aromatic rings. The van der Waals surface area contributed by atoms with Crippen molar-refractivity contribution in [2.24, 2.45) is 10.9 Å². The summed E-state index contributed by atoms with van der Waals surface area (Å²) in [4.78, 5) is 8.91. The van der Waals surface area contributed by atoms with E-state index in [-0.39, 0.29) is 5.92 Å². The standard InChI is InChI=1S/C37H27N3/c1-2-6-31(7-3-1)40-36-23-28(30-19-21-38-24-30)14-17-33(36)34-18-15-29-22-27(13-16-32(29)37(34)40)25-9-11-26(12-10-25)35-8-4-5-20-39-35/h1-20,22-24,29,32H,21H2. The highest BCUT2D eigenvalue weighted by atomic mass is 15.0. The van der Waals surface area contributed by atoms with E-state index < -0.39 is 0 Å². The van der Waals surface area contributed by atoms with Crippen LogP contribution >= 0.6 is 0 Å². The van der Waals surface area contributed by atoms with Gasteiger partial charge in [0.2, 0.25) is 0 Å². The van der Waals surface area contributed by atoms with Crippen LogP contribution in [0, 0.1) is 5.92 Å². The van der Waals surface area contributed by atoms with Crippen molar-refractivity contribution in [2.75, 3.05) is 6.54 Å². The maximum Gasteiger partial charge on any atom is 0.0701 e. The Balaban J connectivity index is 1.21. The quantitative estimate of drug-likeness (QED) is 0.237. The number of allylic oxidation sites excluding steroid dienone is 6. The monoisotopic (exact) mass is 513 g/mol. The highest BCUT2D eigenvalue weighted by Gasteiger charge is 2.31. The number of para-hydroxylation sites is 1. The fraction of sp³-hybridized carbons (Fsp3) is 0.0811. The molecule has 3 aliphatic rings. The molecule has 40 heavy (non-hydrogen) atoms. The zero-order valence-electron chi connectivity index (χ0n) is 22.0. The zero-order valence-corrected chi connectivity index (χ0v) is 22.0. The Kier molecular flexibility index (Phi) is 5.34. The summed E-state index contributed by atoms with van der Waals surface area (Å²) in [6, 6.07) is 32.4. The third-order valence-electron chi connectivity index (χ3n) is 8.29. The van der Waals surface area contributed by atoms with Crippen molar-refractivity contribution in [2.45, 2.75) is 5.92 Å². The van der Waals surface area contributed by atoms with Gasteiger partial charge in [-0.3, -0.25) is 9.98 Å². The molecule has 2 aromatic heterocycles. The molecular weight excluding hydrogens is 486 g/mol. The van der Waals surface area contributed by atoms with E-state index in [1.54, 1.807) is 0 Å². The van der Waals surface area contributed by atoms with E-state index in [2.05, 4.69) is 130 Å². The molecule has 3 nitrogen and oxygen atoms in total. The number of hydrogen-bond donors (Lipinski definition) is 0. The van der Waals surface area contributed by atoms with Gasteiger partial charge in [-0.15, -0.1) is 0 Å². The van der Waals surface area contributed by atoms with Gasteiger partial charge in [0.1, 0.15) is 0 Å². The van der Waals surface area contributed by atoms with Crippen molar-refractivity contribution in [1.82, 2.24) is 9.55 Å². The van der Waals surface area contributed by atoms with Crippen LogP contribution in [0.5, 0.6) is 0 Å². The number of hydrogen-bond acceptors (Lipinski definition) is 2. The van der Waals surface area contributed by atoms with E-state index in [0.717, 1.165) is 17.8 Å². The van der Waals surface area contributed by atoms with Crippen LogP contribution in [0.3, 0.4) is 0 Å². The van der Waals surface area contributed by atoms with Gasteiger partial charge < -0.3 is 4.57 Å². The predicted octanol–water partition coefficient (Wildman–Crippen LogP) is 8.54. The molecule has 0 fully saturated rings. The van der Waals surface area contributed by atoms with Crippen molar-refractivity contribution in [1.29, 1.82) is 0 Å². The minimum absolute atomic E-state index is 0.264. The lowest BCUT2D eigenvalue weighted by molar-refractivity contribution is 0.663. The van der Waals surface area contributed by atoms with Crippen molar-refractivity contribution in [3.05, 3.63) is 150 Å². The fourth-order valence-corrected chi connectivity index (χ4v) is 6.34. The van der Waals surface area contributed by atoms with Crippen LogP contribution in [0.15, 0.2) is 133 Å². The molecule has 8 rings (SSSR count). The summed E-state index contributed by atoms with van der Waals surface area (Å²) in [5, 5.41) is 1.29. The molecule has 0 saturated carbocycles. The Morgan fingerprint density at radius 1 is 0.725 bits per heavy atom. The molecule has 0 amide bonds. The first kappa shape index (κ1) is 22.9. The summed E-state index contributed by atoms with van der Waals surface area (Å²) in [5.41, 5.74) is 12.2. The van der Waals surface area contributed by atoms with Crippen LogP contribution in [0.4, 0.5) is 0 Å². The summed E-state index contributed by atoms with van der Waals surface area (Å²) >= 11 is 0. The maximum atomic E-state index is 4.50. The first-order valence-electron chi connectivity index (χ1n) is 13.9. The molecule has 0 saturated heterocycles. The molecule has 190 valence electrons. The van der Waals surface area contributed by atoms with Gasteiger partial charge in [-0.2, -0.15) is 0 Å². The highest BCUT2D eigenvalue weighted by Crippen LogP contribution is 2.46. The molecule has 3 heterocycles. The number of aromatic nitrogens is 2. The predicted molar refractivity (Wildman–Crippen MR) is 167 cm³/mol. The molecule has 3 heteroatoms. The summed E-state index contributed by atoms with van der Waals surface area (Å²) < 4.78 is 2.48. The lowest BCUT2D eigenvalue weighted by atomic mass is 9.77. The third kappa shape index (κ3) is 3.74. The van der Waals surface area contributed by atoms with Crippen LogP contribution in [-0.2, 0) is 0 Å². The van der Waals surface area contributed by atoms with Crippen molar-refractivity contribution >= 4 is 34.3 Å². The summed E-state index contributed by atoms with van der Waals surface area (Å²) in [5.74, 6) is 0.554. The number of fused-ring (bicyclic) bond motifs is 5. The molecule has 0 spiro atoms. The molecular formula is C37H27N3. The van der Waals surface area contributed by atoms with Crippen LogP contribution in [0.1, 0.15) is 28.3 Å². The SMILES string of the molecule is C1=CC2c3c(c4ccc(C5=CCN=C5)cc4n3-c3ccccc3)C=CC2C=C1c1ccc(-c2ccccn2)cc1. The molecule has 2 unspecified atom stereocenters. The minimum atomic E-state index is 0.264. The first-order chi connectivity index (χ1) is 19.8. The lowest BCUT2D eigenvalue weighted by Crippen LogP contribution is -2.17. The second-order valence-corrected chi connectivity index (χ2v) is 10.6. The zero-order chi connectivity index (χ0) is 26.5. The van der Waals surface area contributed by atoms with Gasteiger partial charge in [0.15, 0.2) is 0 Å². The van der Waals surface area contributed by atoms with E-state index in [9.17, 15) is 0 Å². The van der Waals surface area contributed by atoms with Gasteiger partial charge in [-0.25, -0.2) is 0 Å². The van der Waals surface area contributed by atoms with E-state index in [1.165, 1.54) is 50.1 Å². The van der Waals surface area contributed by atoms with E-state index in [1.807, 2.05) is 24.5 Å². The van der Waals surface area contributed by atoms with Crippen molar-refractivity contribution in [3.63, 3.8) is 0 Å². The van der Waals surface area contributed by atoms with E-state index in [0.29, 0.717) is 5.92 Å². The molecule has 2 aliphatic carbocycles. The van der Waals surface area contributed by atoms with Crippen LogP contribution in [0.25, 0.3) is 45.1 Å². The van der Waals surface area contributed by atoms with Crippen LogP contribution in [0.2, 0.25) is 0 Å². The van der Waals surface area contributed by atoms with Gasteiger partial charge in [0, 0.05) is 52.1 Å². The molecule has 0 N–H and O–H groups in total. The minimum Gasteiger partial charge on any atom is -0.312 e. The summed E-state index contributed by atoms with van der Waals surface area (Å²) in [6.45, 7) is 0.765. The van der Waals surface area contributed by atoms with Gasteiger partial charge in [-0.05, 0) is 52.6 Å². The Hall–Kier alpha value is -5.02. The average molecular weight is 514 g/mol. The topological polar surface area (TPSA) is 30.2 Å². The largest absolute Gasteiger partial charge is 0.312 e. The Morgan fingerprint density at radius 3 is 2.35 bits per heavy atom. The number of rotatable bonds is 4. The molecule has 0 bridgehead atoms. The first-order valence-corrected chi connectivity index (χ1v) is 13.9. The van der Waals surface area contributed by atoms with Gasteiger partial charge >= 0.3 is 0 Å². The molecule has 3 aromatic carbocycles. The van der Waals surface area contributed by atoms with E-state index >= 15 is 0 Å². The highest BCUT2D eigenvalue weighted by molar-refractivity contribution is 6.12. The van der Waals surface area contributed by atoms with Gasteiger partial charge in [0.25, 0.3) is 0 Å². The fourth-order valence-electron chi connectivity index (χ4n) is 6.34. The van der Waals surface area contributed by atoms with Crippen LogP contribution < -0.4 is 0 Å². The maximum absolute atomic E-state index is 4.50. The number of benzene rings is 3. The third-order valence-corrected chi connectivity index (χ3v) is 8.29. The van der Waals surface area contributed by atoms with Crippen molar-refractivity contribution in [3.8, 4) is 16.9 Å². The lowest BCUT2D eigenvalue weighted by Gasteiger charge is -2.29.